The number of carbonyl (C=O) groups excluding carboxylic acids is 1. The van der Waals surface area contributed by atoms with Crippen molar-refractivity contribution in [2.45, 2.75) is 12.2 Å². The Bertz CT molecular complexity index is 713. The highest BCUT2D eigenvalue weighted by atomic mass is 32.2. The minimum atomic E-state index is -0.184. The Morgan fingerprint density at radius 2 is 2.17 bits per heavy atom. The zero-order valence-corrected chi connectivity index (χ0v) is 13.6. The molecule has 2 rings (SSSR count). The molecule has 0 spiro atoms. The molecule has 23 heavy (non-hydrogen) atoms. The van der Waals surface area contributed by atoms with Crippen LogP contribution in [0, 0.1) is 11.3 Å². The number of ether oxygens (including phenoxy) is 1. The second kappa shape index (κ2) is 8.81. The van der Waals surface area contributed by atoms with Crippen LogP contribution in [0.1, 0.15) is 17.7 Å². The van der Waals surface area contributed by atoms with Gasteiger partial charge in [0.25, 0.3) is 0 Å². The van der Waals surface area contributed by atoms with Crippen molar-refractivity contribution in [3.8, 4) is 6.07 Å². The van der Waals surface area contributed by atoms with E-state index in [4.69, 9.17) is 5.26 Å². The van der Waals surface area contributed by atoms with Crippen LogP contribution in [-0.2, 0) is 15.3 Å². The largest absolute Gasteiger partial charge is 0.469 e. The molecule has 0 atom stereocenters. The predicted octanol–water partition coefficient (Wildman–Crippen LogP) is 3.49. The smallest absolute Gasteiger partial charge is 0.306 e. The van der Waals surface area contributed by atoms with E-state index in [1.807, 2.05) is 36.4 Å². The quantitative estimate of drug-likeness (QED) is 0.620. The zero-order chi connectivity index (χ0) is 16.5. The van der Waals surface area contributed by atoms with Gasteiger partial charge < -0.3 is 10.1 Å². The molecule has 0 radical (unpaired) electrons. The summed E-state index contributed by atoms with van der Waals surface area (Å²) in [4.78, 5) is 15.2. The van der Waals surface area contributed by atoms with E-state index in [1.54, 1.807) is 23.9 Å². The van der Waals surface area contributed by atoms with Gasteiger partial charge in [-0.1, -0.05) is 18.2 Å². The van der Waals surface area contributed by atoms with E-state index in [-0.39, 0.29) is 5.97 Å². The molecule has 1 aromatic heterocycles. The molecule has 0 fully saturated rings. The monoisotopic (exact) mass is 327 g/mol. The number of nitrogens with zero attached hydrogens (tertiary/aromatic N) is 2. The third kappa shape index (κ3) is 5.64. The minimum absolute atomic E-state index is 0.184. The summed E-state index contributed by atoms with van der Waals surface area (Å²) in [6, 6.07) is 15.3. The highest BCUT2D eigenvalue weighted by Gasteiger charge is 2.02. The topological polar surface area (TPSA) is 75.0 Å². The fourth-order valence-electron chi connectivity index (χ4n) is 1.90. The van der Waals surface area contributed by atoms with E-state index < -0.39 is 0 Å². The first-order chi connectivity index (χ1) is 11.2. The molecule has 118 valence electrons. The lowest BCUT2D eigenvalue weighted by molar-refractivity contribution is -0.140. The summed E-state index contributed by atoms with van der Waals surface area (Å²) >= 11 is 1.68. The van der Waals surface area contributed by atoms with Gasteiger partial charge in [0.15, 0.2) is 0 Å². The average molecular weight is 327 g/mol. The van der Waals surface area contributed by atoms with E-state index in [1.165, 1.54) is 7.11 Å². The van der Waals surface area contributed by atoms with Crippen molar-refractivity contribution in [3.05, 3.63) is 53.7 Å². The normalized spacial score (nSPS) is 9.91. The molecule has 1 aromatic carbocycles. The van der Waals surface area contributed by atoms with Crippen molar-refractivity contribution in [1.82, 2.24) is 4.98 Å². The number of benzene rings is 1. The van der Waals surface area contributed by atoms with Crippen molar-refractivity contribution < 1.29 is 9.53 Å². The number of hydrogen-bond acceptors (Lipinski definition) is 6. The predicted molar refractivity (Wildman–Crippen MR) is 91.5 cm³/mol. The second-order valence-corrected chi connectivity index (χ2v) is 5.83. The maximum Gasteiger partial charge on any atom is 0.306 e. The standard InChI is InChI=1S/C17H17N3O2S/c1-22-17(21)8-9-23-12-13-4-2-5-14(10-13)19-16-7-3-6-15(11-18)20-16/h2-7,10H,8-9,12H2,1H3,(H,19,20). The van der Waals surface area contributed by atoms with Crippen LogP contribution in [0.3, 0.4) is 0 Å². The molecule has 0 saturated heterocycles. The molecule has 0 aliphatic carbocycles. The molecular weight excluding hydrogens is 310 g/mol. The molecule has 1 heterocycles. The third-order valence-electron chi connectivity index (χ3n) is 3.01. The summed E-state index contributed by atoms with van der Waals surface area (Å²) in [5.74, 6) is 2.00. The maximum absolute atomic E-state index is 11.1. The number of carbonyl (C=O) groups is 1. The van der Waals surface area contributed by atoms with Crippen LogP contribution in [0.2, 0.25) is 0 Å². The second-order valence-electron chi connectivity index (χ2n) is 4.72. The molecule has 0 amide bonds. The summed E-state index contributed by atoms with van der Waals surface area (Å²) in [7, 11) is 1.40. The van der Waals surface area contributed by atoms with Crippen LogP contribution in [-0.4, -0.2) is 23.8 Å². The van der Waals surface area contributed by atoms with Crippen molar-refractivity contribution in [2.75, 3.05) is 18.2 Å². The average Bonchev–Trinajstić information content (AvgIpc) is 2.59. The van der Waals surface area contributed by atoms with Gasteiger partial charge >= 0.3 is 5.97 Å². The molecule has 0 aliphatic heterocycles. The highest BCUT2D eigenvalue weighted by Crippen LogP contribution is 2.20. The zero-order valence-electron chi connectivity index (χ0n) is 12.8. The Hall–Kier alpha value is -2.52. The van der Waals surface area contributed by atoms with E-state index in [9.17, 15) is 4.79 Å². The first-order valence-electron chi connectivity index (χ1n) is 7.09. The van der Waals surface area contributed by atoms with Gasteiger partial charge in [-0.15, -0.1) is 0 Å². The van der Waals surface area contributed by atoms with E-state index >= 15 is 0 Å². The van der Waals surface area contributed by atoms with Gasteiger partial charge in [0.2, 0.25) is 0 Å². The number of nitrogens with one attached hydrogen (secondary N) is 1. The van der Waals surface area contributed by atoms with Gasteiger partial charge in [0.05, 0.1) is 13.5 Å². The number of aromatic nitrogens is 1. The number of esters is 1. The molecule has 5 nitrogen and oxygen atoms in total. The van der Waals surface area contributed by atoms with E-state index in [2.05, 4.69) is 15.0 Å². The summed E-state index contributed by atoms with van der Waals surface area (Å²) in [6.45, 7) is 0. The maximum atomic E-state index is 11.1. The number of hydrogen-bond donors (Lipinski definition) is 1. The molecular formula is C17H17N3O2S. The number of anilines is 2. The van der Waals surface area contributed by atoms with Gasteiger partial charge in [-0.25, -0.2) is 4.98 Å². The fraction of sp³-hybridized carbons (Fsp3) is 0.235. The molecule has 0 bridgehead atoms. The van der Waals surface area contributed by atoms with Gasteiger partial charge in [0.1, 0.15) is 17.6 Å². The lowest BCUT2D eigenvalue weighted by Gasteiger charge is -2.08. The summed E-state index contributed by atoms with van der Waals surface area (Å²) in [5, 5.41) is 12.1. The van der Waals surface area contributed by atoms with Gasteiger partial charge in [-0.05, 0) is 29.8 Å². The van der Waals surface area contributed by atoms with Crippen LogP contribution in [0.25, 0.3) is 0 Å². The summed E-state index contributed by atoms with van der Waals surface area (Å²) in [6.07, 6.45) is 0.421. The number of nitriles is 1. The van der Waals surface area contributed by atoms with Gasteiger partial charge in [-0.3, -0.25) is 4.79 Å². The SMILES string of the molecule is COC(=O)CCSCc1cccc(Nc2cccc(C#N)n2)c1. The Balaban J connectivity index is 1.91. The number of thioether (sulfide) groups is 1. The molecule has 0 aliphatic rings. The Kier molecular flexibility index (Phi) is 6.45. The Morgan fingerprint density at radius 1 is 1.35 bits per heavy atom. The first-order valence-corrected chi connectivity index (χ1v) is 8.24. The van der Waals surface area contributed by atoms with Crippen molar-refractivity contribution in [1.29, 1.82) is 5.26 Å². The lowest BCUT2D eigenvalue weighted by Crippen LogP contribution is -2.01. The molecule has 0 saturated carbocycles. The van der Waals surface area contributed by atoms with Crippen LogP contribution in [0.15, 0.2) is 42.5 Å². The van der Waals surface area contributed by atoms with Crippen LogP contribution in [0.5, 0.6) is 0 Å². The third-order valence-corrected chi connectivity index (χ3v) is 4.04. The summed E-state index contributed by atoms with van der Waals surface area (Å²) < 4.78 is 4.61. The van der Waals surface area contributed by atoms with Crippen molar-refractivity contribution >= 4 is 29.2 Å². The molecule has 0 unspecified atom stereocenters. The van der Waals surface area contributed by atoms with E-state index in [0.717, 1.165) is 22.8 Å². The number of pyridine rings is 1. The Morgan fingerprint density at radius 3 is 2.96 bits per heavy atom. The van der Waals surface area contributed by atoms with Crippen LogP contribution in [0.4, 0.5) is 11.5 Å². The van der Waals surface area contributed by atoms with Crippen LogP contribution < -0.4 is 5.32 Å². The van der Waals surface area contributed by atoms with Gasteiger partial charge in [0, 0.05) is 17.2 Å². The number of rotatable bonds is 7. The molecule has 1 N–H and O–H groups in total. The Labute approximate surface area is 139 Å². The summed E-state index contributed by atoms with van der Waals surface area (Å²) in [5.41, 5.74) is 2.45. The molecule has 6 heteroatoms. The van der Waals surface area contributed by atoms with Gasteiger partial charge in [-0.2, -0.15) is 17.0 Å². The fourth-order valence-corrected chi connectivity index (χ4v) is 2.77. The number of methoxy groups -OCH3 is 1. The first kappa shape index (κ1) is 16.8. The van der Waals surface area contributed by atoms with E-state index in [0.29, 0.717) is 17.9 Å². The molecule has 2 aromatic rings. The van der Waals surface area contributed by atoms with Crippen molar-refractivity contribution in [3.63, 3.8) is 0 Å². The lowest BCUT2D eigenvalue weighted by atomic mass is 10.2. The highest BCUT2D eigenvalue weighted by molar-refractivity contribution is 7.98. The minimum Gasteiger partial charge on any atom is -0.469 e. The van der Waals surface area contributed by atoms with Crippen molar-refractivity contribution in [2.24, 2.45) is 0 Å². The van der Waals surface area contributed by atoms with Crippen LogP contribution >= 0.6 is 11.8 Å².